The molecular weight excluding hydrogens is 423 g/mol. The van der Waals surface area contributed by atoms with E-state index in [2.05, 4.69) is 17.5 Å². The van der Waals surface area contributed by atoms with Crippen molar-refractivity contribution in [1.29, 1.82) is 0 Å². The summed E-state index contributed by atoms with van der Waals surface area (Å²) in [4.78, 5) is 24.0. The summed E-state index contributed by atoms with van der Waals surface area (Å²) in [5.74, 6) is -0.933. The molecule has 3 aromatic carbocycles. The second-order valence-electron chi connectivity index (χ2n) is 7.27. The summed E-state index contributed by atoms with van der Waals surface area (Å²) < 4.78 is 24.3. The predicted octanol–water partition coefficient (Wildman–Crippen LogP) is 4.92. The molecule has 170 valence electrons. The molecule has 1 N–H and O–H groups in total. The van der Waals surface area contributed by atoms with Crippen LogP contribution in [0.1, 0.15) is 41.3 Å². The standard InChI is InChI=1S/C26H25FN2O4/c1-2-3-6-19-9-13-21(14-10-19)32-18-25(30)29-28-17-20-11-15-22(16-12-20)33-26(31)23-7-4-5-8-24(23)27/h4-5,7-17H,2-3,6,18H2,1H3,(H,29,30). The highest BCUT2D eigenvalue weighted by molar-refractivity contribution is 5.91. The molecule has 0 spiro atoms. The SMILES string of the molecule is CCCCc1ccc(OCC(=O)NN=Cc2ccc(OC(=O)c3ccccc3F)cc2)cc1. The van der Waals surface area contributed by atoms with E-state index in [9.17, 15) is 14.0 Å². The summed E-state index contributed by atoms with van der Waals surface area (Å²) in [6.45, 7) is 2.00. The van der Waals surface area contributed by atoms with Crippen LogP contribution in [0, 0.1) is 5.82 Å². The molecule has 0 bridgehead atoms. The van der Waals surface area contributed by atoms with Crippen LogP contribution in [-0.2, 0) is 11.2 Å². The van der Waals surface area contributed by atoms with Gasteiger partial charge in [0, 0.05) is 0 Å². The van der Waals surface area contributed by atoms with Crippen molar-refractivity contribution in [2.24, 2.45) is 5.10 Å². The fourth-order valence-corrected chi connectivity index (χ4v) is 2.90. The van der Waals surface area contributed by atoms with E-state index in [0.717, 1.165) is 19.3 Å². The third kappa shape index (κ3) is 7.57. The Hall–Kier alpha value is -4.00. The van der Waals surface area contributed by atoms with Crippen molar-refractivity contribution in [2.75, 3.05) is 6.61 Å². The molecule has 0 aliphatic rings. The van der Waals surface area contributed by atoms with Crippen molar-refractivity contribution in [3.63, 3.8) is 0 Å². The van der Waals surface area contributed by atoms with Gasteiger partial charge in [-0.05, 0) is 72.5 Å². The Morgan fingerprint density at radius 3 is 2.36 bits per heavy atom. The topological polar surface area (TPSA) is 77.0 Å². The lowest BCUT2D eigenvalue weighted by molar-refractivity contribution is -0.123. The number of hydrazone groups is 1. The number of benzene rings is 3. The maximum absolute atomic E-state index is 13.7. The lowest BCUT2D eigenvalue weighted by atomic mass is 10.1. The molecule has 6 nitrogen and oxygen atoms in total. The van der Waals surface area contributed by atoms with E-state index in [4.69, 9.17) is 9.47 Å². The normalized spacial score (nSPS) is 10.7. The third-order valence-electron chi connectivity index (χ3n) is 4.70. The van der Waals surface area contributed by atoms with Gasteiger partial charge in [-0.2, -0.15) is 5.10 Å². The van der Waals surface area contributed by atoms with Gasteiger partial charge in [-0.1, -0.05) is 37.6 Å². The van der Waals surface area contributed by atoms with Crippen molar-refractivity contribution >= 4 is 18.1 Å². The first-order chi connectivity index (χ1) is 16.0. The summed E-state index contributed by atoms with van der Waals surface area (Å²) >= 11 is 0. The van der Waals surface area contributed by atoms with Gasteiger partial charge in [-0.3, -0.25) is 4.79 Å². The number of aryl methyl sites for hydroxylation is 1. The van der Waals surface area contributed by atoms with Crippen molar-refractivity contribution < 1.29 is 23.5 Å². The van der Waals surface area contributed by atoms with Crippen LogP contribution in [0.4, 0.5) is 4.39 Å². The zero-order valence-corrected chi connectivity index (χ0v) is 18.3. The number of carbonyl (C=O) groups excluding carboxylic acids is 2. The highest BCUT2D eigenvalue weighted by Crippen LogP contribution is 2.16. The Bertz CT molecular complexity index is 1100. The van der Waals surface area contributed by atoms with Gasteiger partial charge < -0.3 is 9.47 Å². The largest absolute Gasteiger partial charge is 0.484 e. The molecule has 0 heterocycles. The molecule has 7 heteroatoms. The number of nitrogens with zero attached hydrogens (tertiary/aromatic N) is 1. The van der Waals surface area contributed by atoms with Crippen molar-refractivity contribution in [2.45, 2.75) is 26.2 Å². The van der Waals surface area contributed by atoms with Gasteiger partial charge in [-0.15, -0.1) is 0 Å². The molecule has 3 aromatic rings. The number of carbonyl (C=O) groups is 2. The Morgan fingerprint density at radius 2 is 1.67 bits per heavy atom. The van der Waals surface area contributed by atoms with Crippen LogP contribution in [0.2, 0.25) is 0 Å². The maximum atomic E-state index is 13.7. The van der Waals surface area contributed by atoms with Crippen LogP contribution in [0.3, 0.4) is 0 Å². The first-order valence-corrected chi connectivity index (χ1v) is 10.7. The first-order valence-electron chi connectivity index (χ1n) is 10.7. The molecule has 0 aliphatic carbocycles. The molecule has 33 heavy (non-hydrogen) atoms. The van der Waals surface area contributed by atoms with Gasteiger partial charge in [0.25, 0.3) is 5.91 Å². The summed E-state index contributed by atoms with van der Waals surface area (Å²) in [5, 5.41) is 3.89. The van der Waals surface area contributed by atoms with Gasteiger partial charge in [0.2, 0.25) is 0 Å². The summed E-state index contributed by atoms with van der Waals surface area (Å²) in [5.41, 5.74) is 4.17. The monoisotopic (exact) mass is 448 g/mol. The quantitative estimate of drug-likeness (QED) is 0.207. The molecule has 0 fully saturated rings. The van der Waals surface area contributed by atoms with E-state index < -0.39 is 17.7 Å². The number of amides is 1. The summed E-state index contributed by atoms with van der Waals surface area (Å²) in [7, 11) is 0. The van der Waals surface area contributed by atoms with Crippen LogP contribution in [0.15, 0.2) is 77.9 Å². The minimum atomic E-state index is -0.780. The van der Waals surface area contributed by atoms with Crippen LogP contribution < -0.4 is 14.9 Å². The molecule has 1 amide bonds. The number of ether oxygens (including phenoxy) is 2. The minimum absolute atomic E-state index is 0.138. The smallest absolute Gasteiger partial charge is 0.346 e. The first kappa shape index (κ1) is 23.7. The van der Waals surface area contributed by atoms with E-state index in [1.807, 2.05) is 24.3 Å². The number of nitrogens with one attached hydrogen (secondary N) is 1. The van der Waals surface area contributed by atoms with E-state index in [1.165, 1.54) is 30.0 Å². The third-order valence-corrected chi connectivity index (χ3v) is 4.70. The second kappa shape index (κ2) is 12.1. The second-order valence-corrected chi connectivity index (χ2v) is 7.27. The van der Waals surface area contributed by atoms with Gasteiger partial charge in [-0.25, -0.2) is 14.6 Å². The lowest BCUT2D eigenvalue weighted by Gasteiger charge is -2.06. The Labute approximate surface area is 192 Å². The Kier molecular flexibility index (Phi) is 8.71. The number of rotatable bonds is 10. The van der Waals surface area contributed by atoms with E-state index >= 15 is 0 Å². The van der Waals surface area contributed by atoms with Gasteiger partial charge in [0.1, 0.15) is 17.3 Å². The number of halogens is 1. The zero-order valence-electron chi connectivity index (χ0n) is 18.3. The number of hydrogen-bond donors (Lipinski definition) is 1. The highest BCUT2D eigenvalue weighted by atomic mass is 19.1. The van der Waals surface area contributed by atoms with Gasteiger partial charge in [0.15, 0.2) is 6.61 Å². The van der Waals surface area contributed by atoms with E-state index in [-0.39, 0.29) is 17.9 Å². The fourth-order valence-electron chi connectivity index (χ4n) is 2.90. The summed E-state index contributed by atoms with van der Waals surface area (Å²) in [6.07, 6.45) is 4.76. The van der Waals surface area contributed by atoms with E-state index in [0.29, 0.717) is 11.3 Å². The van der Waals surface area contributed by atoms with Crippen LogP contribution in [0.5, 0.6) is 11.5 Å². The van der Waals surface area contributed by atoms with Gasteiger partial charge in [0.05, 0.1) is 11.8 Å². The average Bonchev–Trinajstić information content (AvgIpc) is 2.83. The molecule has 0 radical (unpaired) electrons. The highest BCUT2D eigenvalue weighted by Gasteiger charge is 2.13. The number of hydrogen-bond acceptors (Lipinski definition) is 5. The van der Waals surface area contributed by atoms with Crippen molar-refractivity contribution in [3.8, 4) is 11.5 Å². The molecule has 3 rings (SSSR count). The number of esters is 1. The minimum Gasteiger partial charge on any atom is -0.484 e. The molecule has 0 aliphatic heterocycles. The Morgan fingerprint density at radius 1 is 0.970 bits per heavy atom. The molecule has 0 saturated heterocycles. The van der Waals surface area contributed by atoms with Crippen LogP contribution >= 0.6 is 0 Å². The molecule has 0 saturated carbocycles. The van der Waals surface area contributed by atoms with Crippen LogP contribution in [-0.4, -0.2) is 24.7 Å². The number of unbranched alkanes of at least 4 members (excludes halogenated alkanes) is 1. The lowest BCUT2D eigenvalue weighted by Crippen LogP contribution is -2.24. The van der Waals surface area contributed by atoms with Crippen LogP contribution in [0.25, 0.3) is 0 Å². The molecule has 0 unspecified atom stereocenters. The summed E-state index contributed by atoms with van der Waals surface area (Å²) in [6, 6.07) is 19.7. The average molecular weight is 448 g/mol. The molecule has 0 aromatic heterocycles. The van der Waals surface area contributed by atoms with Gasteiger partial charge >= 0.3 is 5.97 Å². The predicted molar refractivity (Wildman–Crippen MR) is 124 cm³/mol. The zero-order chi connectivity index (χ0) is 23.5. The Balaban J connectivity index is 1.43. The maximum Gasteiger partial charge on any atom is 0.346 e. The fraction of sp³-hybridized carbons (Fsp3) is 0.192. The molecule has 0 atom stereocenters. The molecular formula is C26H25FN2O4. The van der Waals surface area contributed by atoms with Crippen molar-refractivity contribution in [1.82, 2.24) is 5.43 Å². The van der Waals surface area contributed by atoms with Crippen molar-refractivity contribution in [3.05, 3.63) is 95.3 Å². The van der Waals surface area contributed by atoms with E-state index in [1.54, 1.807) is 30.3 Å².